The molecule has 0 saturated carbocycles. The van der Waals surface area contributed by atoms with Crippen LogP contribution in [0.2, 0.25) is 0 Å². The Kier molecular flexibility index (Phi) is 7.54. The Hall–Kier alpha value is -3.14. The van der Waals surface area contributed by atoms with Crippen molar-refractivity contribution in [1.82, 2.24) is 0 Å². The van der Waals surface area contributed by atoms with Gasteiger partial charge in [-0.05, 0) is 49.2 Å². The predicted octanol–water partition coefficient (Wildman–Crippen LogP) is 4.60. The molecule has 0 unspecified atom stereocenters. The zero-order valence-corrected chi connectivity index (χ0v) is 16.3. The average Bonchev–Trinajstić information content (AvgIpc) is 2.71. The number of aryl methyl sites for hydroxylation is 1. The molecule has 154 valence electrons. The number of alkyl halides is 3. The smallest absolute Gasteiger partial charge is 0.422 e. The summed E-state index contributed by atoms with van der Waals surface area (Å²) in [4.78, 5) is 14.3. The van der Waals surface area contributed by atoms with Gasteiger partial charge in [0.25, 0.3) is 0 Å². The van der Waals surface area contributed by atoms with E-state index in [9.17, 15) is 18.0 Å². The first kappa shape index (κ1) is 22.2. The fourth-order valence-corrected chi connectivity index (χ4v) is 2.80. The number of hydrogen-bond acceptors (Lipinski definition) is 3. The summed E-state index contributed by atoms with van der Waals surface area (Å²) in [6, 6.07) is 11.8. The van der Waals surface area contributed by atoms with Crippen LogP contribution in [0.4, 0.5) is 18.9 Å². The number of hydrogen-bond donors (Lipinski definition) is 0. The quantitative estimate of drug-likeness (QED) is 0.603. The van der Waals surface area contributed by atoms with Crippen LogP contribution < -0.4 is 14.4 Å². The molecular formula is C22H22F3NO3. The zero-order valence-electron chi connectivity index (χ0n) is 16.3. The number of carbonyl (C=O) groups excluding carboxylic acids is 1. The first-order valence-electron chi connectivity index (χ1n) is 9.01. The first-order chi connectivity index (χ1) is 13.8. The highest BCUT2D eigenvalue weighted by Crippen LogP contribution is 2.30. The summed E-state index contributed by atoms with van der Waals surface area (Å²) in [5.74, 6) is 2.65. The number of nitrogens with zero attached hydrogens (tertiary/aromatic N) is 1. The number of methoxy groups -OCH3 is 1. The normalized spacial score (nSPS) is 10.9. The maximum atomic E-state index is 12.7. The van der Waals surface area contributed by atoms with Crippen LogP contribution in [-0.4, -0.2) is 32.3 Å². The van der Waals surface area contributed by atoms with Crippen molar-refractivity contribution in [3.8, 4) is 23.8 Å². The summed E-state index contributed by atoms with van der Waals surface area (Å²) in [7, 11) is 1.35. The molecular weight excluding hydrogens is 383 g/mol. The van der Waals surface area contributed by atoms with Crippen molar-refractivity contribution in [2.75, 3.05) is 25.2 Å². The van der Waals surface area contributed by atoms with E-state index in [2.05, 4.69) is 5.92 Å². The highest BCUT2D eigenvalue weighted by molar-refractivity contribution is 5.93. The molecule has 7 heteroatoms. The third-order valence-corrected chi connectivity index (χ3v) is 4.19. The Labute approximate surface area is 168 Å². The second-order valence-corrected chi connectivity index (χ2v) is 6.22. The van der Waals surface area contributed by atoms with Crippen LogP contribution in [0.1, 0.15) is 24.5 Å². The topological polar surface area (TPSA) is 38.8 Å². The van der Waals surface area contributed by atoms with Crippen molar-refractivity contribution in [3.63, 3.8) is 0 Å². The van der Waals surface area contributed by atoms with Gasteiger partial charge in [-0.1, -0.05) is 18.1 Å². The molecule has 0 aliphatic heterocycles. The SMILES string of the molecule is C#Cc1cccc(N(CC)C(=O)CCc2ccc(OCC(F)(F)F)c(OC)c2)c1. The predicted molar refractivity (Wildman–Crippen MR) is 105 cm³/mol. The third kappa shape index (κ3) is 6.46. The second-order valence-electron chi connectivity index (χ2n) is 6.22. The molecule has 0 heterocycles. The first-order valence-corrected chi connectivity index (χ1v) is 9.01. The largest absolute Gasteiger partial charge is 0.493 e. The molecule has 1 amide bonds. The van der Waals surface area contributed by atoms with Crippen molar-refractivity contribution in [2.45, 2.75) is 25.9 Å². The summed E-state index contributed by atoms with van der Waals surface area (Å²) in [6.45, 7) is 0.958. The third-order valence-electron chi connectivity index (χ3n) is 4.19. The Morgan fingerprint density at radius 2 is 1.93 bits per heavy atom. The van der Waals surface area contributed by atoms with Crippen LogP contribution in [0.5, 0.6) is 11.5 Å². The summed E-state index contributed by atoms with van der Waals surface area (Å²) in [6.07, 6.45) is 1.61. The summed E-state index contributed by atoms with van der Waals surface area (Å²) >= 11 is 0. The van der Waals surface area contributed by atoms with Gasteiger partial charge in [0.05, 0.1) is 7.11 Å². The summed E-state index contributed by atoms with van der Waals surface area (Å²) < 4.78 is 46.9. The highest BCUT2D eigenvalue weighted by Gasteiger charge is 2.29. The monoisotopic (exact) mass is 405 g/mol. The molecule has 2 rings (SSSR count). The lowest BCUT2D eigenvalue weighted by atomic mass is 10.1. The number of terminal acetylenes is 1. The van der Waals surface area contributed by atoms with E-state index in [1.807, 2.05) is 13.0 Å². The summed E-state index contributed by atoms with van der Waals surface area (Å²) in [5.41, 5.74) is 2.16. The molecule has 0 fully saturated rings. The molecule has 0 atom stereocenters. The number of benzene rings is 2. The van der Waals surface area contributed by atoms with Gasteiger partial charge in [-0.2, -0.15) is 13.2 Å². The molecule has 0 spiro atoms. The van der Waals surface area contributed by atoms with Crippen LogP contribution in [0, 0.1) is 12.3 Å². The Morgan fingerprint density at radius 3 is 2.55 bits per heavy atom. The van der Waals surface area contributed by atoms with Gasteiger partial charge in [-0.25, -0.2) is 0 Å². The molecule has 0 radical (unpaired) electrons. The molecule has 29 heavy (non-hydrogen) atoms. The standard InChI is InChI=1S/C22H22F3NO3/c1-4-16-7-6-8-18(13-16)26(5-2)21(27)12-10-17-9-11-19(20(14-17)28-3)29-15-22(23,24)25/h1,6-9,11,13-14H,5,10,12,15H2,2-3H3. The van der Waals surface area contributed by atoms with Crippen LogP contribution in [0.3, 0.4) is 0 Å². The fourth-order valence-electron chi connectivity index (χ4n) is 2.80. The van der Waals surface area contributed by atoms with Crippen molar-refractivity contribution in [3.05, 3.63) is 53.6 Å². The number of rotatable bonds is 8. The second kappa shape index (κ2) is 9.87. The molecule has 2 aromatic carbocycles. The minimum Gasteiger partial charge on any atom is -0.493 e. The van der Waals surface area contributed by atoms with E-state index in [0.29, 0.717) is 18.5 Å². The van der Waals surface area contributed by atoms with Crippen LogP contribution in [0.25, 0.3) is 0 Å². The lowest BCUT2D eigenvalue weighted by Crippen LogP contribution is -2.30. The number of ether oxygens (including phenoxy) is 2. The minimum atomic E-state index is -4.43. The number of anilines is 1. The van der Waals surface area contributed by atoms with Crippen molar-refractivity contribution in [2.24, 2.45) is 0 Å². The number of amides is 1. The molecule has 4 nitrogen and oxygen atoms in total. The Morgan fingerprint density at radius 1 is 1.17 bits per heavy atom. The van der Waals surface area contributed by atoms with Crippen molar-refractivity contribution >= 4 is 11.6 Å². The van der Waals surface area contributed by atoms with Crippen LogP contribution >= 0.6 is 0 Å². The molecule has 0 aliphatic carbocycles. The summed E-state index contributed by atoms with van der Waals surface area (Å²) in [5, 5.41) is 0. The molecule has 0 aromatic heterocycles. The molecule has 0 N–H and O–H groups in total. The lowest BCUT2D eigenvalue weighted by molar-refractivity contribution is -0.153. The van der Waals surface area contributed by atoms with E-state index in [1.54, 1.807) is 35.2 Å². The van der Waals surface area contributed by atoms with E-state index in [1.165, 1.54) is 13.2 Å². The van der Waals surface area contributed by atoms with Crippen LogP contribution in [-0.2, 0) is 11.2 Å². The van der Waals surface area contributed by atoms with Crippen molar-refractivity contribution in [1.29, 1.82) is 0 Å². The van der Waals surface area contributed by atoms with E-state index in [4.69, 9.17) is 15.9 Å². The van der Waals surface area contributed by atoms with Crippen molar-refractivity contribution < 1.29 is 27.4 Å². The van der Waals surface area contributed by atoms with Gasteiger partial charge < -0.3 is 14.4 Å². The van der Waals surface area contributed by atoms with Gasteiger partial charge in [-0.3, -0.25) is 4.79 Å². The van der Waals surface area contributed by atoms with E-state index < -0.39 is 12.8 Å². The molecule has 2 aromatic rings. The molecule has 0 bridgehead atoms. The zero-order chi connectivity index (χ0) is 21.4. The van der Waals surface area contributed by atoms with E-state index >= 15 is 0 Å². The average molecular weight is 405 g/mol. The van der Waals surface area contributed by atoms with E-state index in [-0.39, 0.29) is 23.8 Å². The Bertz CT molecular complexity index is 888. The number of halogens is 3. The van der Waals surface area contributed by atoms with Gasteiger partial charge >= 0.3 is 6.18 Å². The fraction of sp³-hybridized carbons (Fsp3) is 0.318. The number of carbonyl (C=O) groups is 1. The van der Waals surface area contributed by atoms with Gasteiger partial charge in [0.1, 0.15) is 0 Å². The lowest BCUT2D eigenvalue weighted by Gasteiger charge is -2.21. The van der Waals surface area contributed by atoms with E-state index in [0.717, 1.165) is 11.3 Å². The highest BCUT2D eigenvalue weighted by atomic mass is 19.4. The minimum absolute atomic E-state index is 0.00110. The molecule has 0 aliphatic rings. The maximum absolute atomic E-state index is 12.7. The molecule has 0 saturated heterocycles. The van der Waals surface area contributed by atoms with Gasteiger partial charge in [-0.15, -0.1) is 6.42 Å². The van der Waals surface area contributed by atoms with Gasteiger partial charge in [0, 0.05) is 24.2 Å². The maximum Gasteiger partial charge on any atom is 0.422 e. The van der Waals surface area contributed by atoms with Gasteiger partial charge in [0.2, 0.25) is 5.91 Å². The van der Waals surface area contributed by atoms with Crippen LogP contribution in [0.15, 0.2) is 42.5 Å². The van der Waals surface area contributed by atoms with Gasteiger partial charge in [0.15, 0.2) is 18.1 Å². The Balaban J connectivity index is 2.05.